The van der Waals surface area contributed by atoms with Crippen molar-refractivity contribution in [1.29, 1.82) is 0 Å². The summed E-state index contributed by atoms with van der Waals surface area (Å²) in [6, 6.07) is 1.95. The Kier molecular flexibility index (Phi) is 4.32. The van der Waals surface area contributed by atoms with Crippen LogP contribution in [0.5, 0.6) is 0 Å². The van der Waals surface area contributed by atoms with E-state index in [0.29, 0.717) is 0 Å². The maximum absolute atomic E-state index is 9.04. The predicted octanol–water partition coefficient (Wildman–Crippen LogP) is 1.36. The van der Waals surface area contributed by atoms with E-state index in [1.807, 2.05) is 13.0 Å². The van der Waals surface area contributed by atoms with Gasteiger partial charge in [-0.25, -0.2) is 0 Å². The van der Waals surface area contributed by atoms with Gasteiger partial charge in [-0.15, -0.1) is 5.10 Å². The van der Waals surface area contributed by atoms with Crippen molar-refractivity contribution in [3.05, 3.63) is 17.8 Å². The van der Waals surface area contributed by atoms with Crippen LogP contribution < -0.4 is 5.32 Å². The molecule has 0 aliphatic carbocycles. The van der Waals surface area contributed by atoms with Gasteiger partial charge < -0.3 is 10.4 Å². The largest absolute Gasteiger partial charge is 0.393 e. The summed E-state index contributed by atoms with van der Waals surface area (Å²) in [5, 5.41) is 20.0. The summed E-state index contributed by atoms with van der Waals surface area (Å²) in [4.78, 5) is 0. The third-order valence-corrected chi connectivity index (χ3v) is 1.90. The molecule has 4 nitrogen and oxygen atoms in total. The number of aliphatic hydroxyl groups excluding tert-OH is 1. The molecule has 0 aliphatic heterocycles. The molecular weight excluding hydrogens is 178 g/mol. The molecule has 1 aromatic rings. The second-order valence-electron chi connectivity index (χ2n) is 3.54. The van der Waals surface area contributed by atoms with E-state index in [1.54, 1.807) is 13.1 Å². The molecule has 0 spiro atoms. The molecule has 1 unspecified atom stereocenters. The lowest BCUT2D eigenvalue weighted by atomic mass is 10.2. The Balaban J connectivity index is 2.25. The Hall–Kier alpha value is -1.16. The highest BCUT2D eigenvalue weighted by Crippen LogP contribution is 2.04. The molecule has 0 aromatic carbocycles. The van der Waals surface area contributed by atoms with Gasteiger partial charge in [-0.2, -0.15) is 5.10 Å². The first-order valence-electron chi connectivity index (χ1n) is 4.90. The van der Waals surface area contributed by atoms with Crippen LogP contribution in [0.25, 0.3) is 0 Å². The number of aryl methyl sites for hydroxylation is 1. The quantitative estimate of drug-likeness (QED) is 0.696. The van der Waals surface area contributed by atoms with Crippen LogP contribution in [-0.2, 0) is 0 Å². The average Bonchev–Trinajstić information content (AvgIpc) is 2.12. The minimum Gasteiger partial charge on any atom is -0.393 e. The molecule has 1 aromatic heterocycles. The molecule has 0 saturated heterocycles. The molecule has 1 rings (SSSR count). The zero-order chi connectivity index (χ0) is 10.4. The fraction of sp³-hybridized carbons (Fsp3) is 0.600. The van der Waals surface area contributed by atoms with Gasteiger partial charge in [-0.1, -0.05) is 0 Å². The smallest absolute Gasteiger partial charge is 0.148 e. The van der Waals surface area contributed by atoms with Crippen LogP contribution in [0.15, 0.2) is 12.3 Å². The molecule has 78 valence electrons. The topological polar surface area (TPSA) is 58.0 Å². The van der Waals surface area contributed by atoms with Gasteiger partial charge in [0.1, 0.15) is 5.82 Å². The third kappa shape index (κ3) is 4.18. The monoisotopic (exact) mass is 195 g/mol. The van der Waals surface area contributed by atoms with Gasteiger partial charge in [0, 0.05) is 6.54 Å². The zero-order valence-electron chi connectivity index (χ0n) is 8.70. The van der Waals surface area contributed by atoms with E-state index >= 15 is 0 Å². The molecule has 4 heteroatoms. The first-order valence-corrected chi connectivity index (χ1v) is 4.90. The maximum Gasteiger partial charge on any atom is 0.148 e. The number of aliphatic hydroxyl groups is 1. The summed E-state index contributed by atoms with van der Waals surface area (Å²) in [5.41, 5.74) is 1.10. The average molecular weight is 195 g/mol. The van der Waals surface area contributed by atoms with Gasteiger partial charge in [-0.3, -0.25) is 0 Å². The molecular formula is C10H17N3O. The standard InChI is InChI=1S/C10H17N3O/c1-8-6-10(13-12-7-8)11-5-3-4-9(2)14/h6-7,9,14H,3-5H2,1-2H3,(H,11,13). The van der Waals surface area contributed by atoms with Crippen LogP contribution in [0.3, 0.4) is 0 Å². The van der Waals surface area contributed by atoms with Crippen LogP contribution >= 0.6 is 0 Å². The Morgan fingerprint density at radius 3 is 3.00 bits per heavy atom. The number of aromatic nitrogens is 2. The molecule has 2 N–H and O–H groups in total. The molecule has 0 amide bonds. The minimum atomic E-state index is -0.222. The van der Waals surface area contributed by atoms with Crippen molar-refractivity contribution in [2.45, 2.75) is 32.8 Å². The molecule has 14 heavy (non-hydrogen) atoms. The van der Waals surface area contributed by atoms with Gasteiger partial charge in [-0.05, 0) is 38.3 Å². The fourth-order valence-corrected chi connectivity index (χ4v) is 1.16. The summed E-state index contributed by atoms with van der Waals surface area (Å²) in [5.74, 6) is 0.801. The van der Waals surface area contributed by atoms with Crippen molar-refractivity contribution < 1.29 is 5.11 Å². The molecule has 0 saturated carbocycles. The highest BCUT2D eigenvalue weighted by molar-refractivity contribution is 5.34. The molecule has 0 aliphatic rings. The van der Waals surface area contributed by atoms with E-state index in [1.165, 1.54) is 0 Å². The molecule has 1 atom stereocenters. The van der Waals surface area contributed by atoms with Gasteiger partial charge in [0.25, 0.3) is 0 Å². The summed E-state index contributed by atoms with van der Waals surface area (Å²) in [6.07, 6.45) is 3.25. The van der Waals surface area contributed by atoms with Crippen LogP contribution in [-0.4, -0.2) is 28.0 Å². The van der Waals surface area contributed by atoms with E-state index in [9.17, 15) is 0 Å². The third-order valence-electron chi connectivity index (χ3n) is 1.90. The van der Waals surface area contributed by atoms with Crippen molar-refractivity contribution in [2.75, 3.05) is 11.9 Å². The van der Waals surface area contributed by atoms with E-state index in [-0.39, 0.29) is 6.10 Å². The maximum atomic E-state index is 9.04. The number of hydrogen-bond donors (Lipinski definition) is 2. The summed E-state index contributed by atoms with van der Waals surface area (Å²) in [6.45, 7) is 4.60. The number of nitrogens with zero attached hydrogens (tertiary/aromatic N) is 2. The Bertz CT molecular complexity index is 276. The SMILES string of the molecule is Cc1cnnc(NCCCC(C)O)c1. The van der Waals surface area contributed by atoms with Gasteiger partial charge in [0.05, 0.1) is 12.3 Å². The Labute approximate surface area is 84.4 Å². The normalized spacial score (nSPS) is 12.5. The second kappa shape index (κ2) is 5.54. The van der Waals surface area contributed by atoms with E-state index in [4.69, 9.17) is 5.11 Å². The van der Waals surface area contributed by atoms with E-state index < -0.39 is 0 Å². The number of hydrogen-bond acceptors (Lipinski definition) is 4. The highest BCUT2D eigenvalue weighted by atomic mass is 16.3. The van der Waals surface area contributed by atoms with Crippen molar-refractivity contribution in [3.63, 3.8) is 0 Å². The lowest BCUT2D eigenvalue weighted by Gasteiger charge is -2.06. The summed E-state index contributed by atoms with van der Waals surface area (Å²) >= 11 is 0. The zero-order valence-corrected chi connectivity index (χ0v) is 8.70. The number of rotatable bonds is 5. The number of nitrogens with one attached hydrogen (secondary N) is 1. The molecule has 0 radical (unpaired) electrons. The van der Waals surface area contributed by atoms with Crippen molar-refractivity contribution in [2.24, 2.45) is 0 Å². The Morgan fingerprint density at radius 1 is 1.57 bits per heavy atom. The van der Waals surface area contributed by atoms with Gasteiger partial charge in [0.15, 0.2) is 0 Å². The van der Waals surface area contributed by atoms with Gasteiger partial charge >= 0.3 is 0 Å². The van der Waals surface area contributed by atoms with Gasteiger partial charge in [0.2, 0.25) is 0 Å². The Morgan fingerprint density at radius 2 is 2.36 bits per heavy atom. The number of anilines is 1. The molecule has 1 heterocycles. The summed E-state index contributed by atoms with van der Waals surface area (Å²) in [7, 11) is 0. The van der Waals surface area contributed by atoms with E-state index in [0.717, 1.165) is 30.8 Å². The lowest BCUT2D eigenvalue weighted by molar-refractivity contribution is 0.183. The van der Waals surface area contributed by atoms with Crippen molar-refractivity contribution >= 4 is 5.82 Å². The van der Waals surface area contributed by atoms with E-state index in [2.05, 4.69) is 15.5 Å². The molecule has 0 bridgehead atoms. The lowest BCUT2D eigenvalue weighted by Crippen LogP contribution is -2.07. The first-order chi connectivity index (χ1) is 6.68. The van der Waals surface area contributed by atoms with Crippen LogP contribution in [0.2, 0.25) is 0 Å². The van der Waals surface area contributed by atoms with Crippen molar-refractivity contribution in [3.8, 4) is 0 Å². The first kappa shape index (κ1) is 10.9. The van der Waals surface area contributed by atoms with Crippen LogP contribution in [0.1, 0.15) is 25.3 Å². The second-order valence-corrected chi connectivity index (χ2v) is 3.54. The highest BCUT2D eigenvalue weighted by Gasteiger charge is 1.97. The van der Waals surface area contributed by atoms with Crippen molar-refractivity contribution in [1.82, 2.24) is 10.2 Å². The molecule has 0 fully saturated rings. The van der Waals surface area contributed by atoms with Crippen LogP contribution in [0.4, 0.5) is 5.82 Å². The van der Waals surface area contributed by atoms with Crippen LogP contribution in [0, 0.1) is 6.92 Å². The fourth-order valence-electron chi connectivity index (χ4n) is 1.16. The predicted molar refractivity (Wildman–Crippen MR) is 56.2 cm³/mol. The summed E-state index contributed by atoms with van der Waals surface area (Å²) < 4.78 is 0. The minimum absolute atomic E-state index is 0.222.